The van der Waals surface area contributed by atoms with Gasteiger partial charge in [-0.25, -0.2) is 0 Å². The number of hydrogen-bond donors (Lipinski definition) is 1. The molecular weight excluding hydrogens is 273 g/mol. The molecule has 100 valence electrons. The molecule has 0 saturated carbocycles. The summed E-state index contributed by atoms with van der Waals surface area (Å²) in [4.78, 5) is 0. The number of rotatable bonds is 6. The van der Waals surface area contributed by atoms with Crippen LogP contribution in [0.3, 0.4) is 0 Å². The Morgan fingerprint density at radius 2 is 2.17 bits per heavy atom. The summed E-state index contributed by atoms with van der Waals surface area (Å²) in [6.07, 6.45) is 2.36. The number of nitrogens with two attached hydrogens (primary N) is 1. The van der Waals surface area contributed by atoms with E-state index in [9.17, 15) is 0 Å². The van der Waals surface area contributed by atoms with Gasteiger partial charge in [-0.05, 0) is 25.5 Å². The third-order valence-corrected chi connectivity index (χ3v) is 2.67. The van der Waals surface area contributed by atoms with Gasteiger partial charge in [0.05, 0.1) is 7.11 Å². The molecule has 3 nitrogen and oxygen atoms in total. The minimum atomic E-state index is 0.0130. The van der Waals surface area contributed by atoms with Crippen molar-refractivity contribution in [2.24, 2.45) is 5.73 Å². The summed E-state index contributed by atoms with van der Waals surface area (Å²) in [6, 6.07) is 3.57. The SMILES string of the molecule is COc1cc(Cl)cc(CC(C)N)c1OC/C=C/Cl. The molecule has 0 aliphatic carbocycles. The number of halogens is 2. The maximum absolute atomic E-state index is 6.03. The monoisotopic (exact) mass is 289 g/mol. The maximum Gasteiger partial charge on any atom is 0.164 e. The van der Waals surface area contributed by atoms with Crippen molar-refractivity contribution in [3.63, 3.8) is 0 Å². The average molecular weight is 290 g/mol. The third kappa shape index (κ3) is 4.41. The van der Waals surface area contributed by atoms with Crippen LogP contribution in [0.4, 0.5) is 0 Å². The van der Waals surface area contributed by atoms with E-state index in [0.29, 0.717) is 29.5 Å². The van der Waals surface area contributed by atoms with E-state index in [0.717, 1.165) is 5.56 Å². The molecule has 0 amide bonds. The van der Waals surface area contributed by atoms with Crippen LogP contribution in [0.2, 0.25) is 5.02 Å². The van der Waals surface area contributed by atoms with E-state index in [-0.39, 0.29) is 6.04 Å². The van der Waals surface area contributed by atoms with Crippen LogP contribution >= 0.6 is 23.2 Å². The highest BCUT2D eigenvalue weighted by Gasteiger charge is 2.13. The molecule has 0 fully saturated rings. The second-order valence-corrected chi connectivity index (χ2v) is 4.64. The normalized spacial score (nSPS) is 12.7. The van der Waals surface area contributed by atoms with Gasteiger partial charge in [0.15, 0.2) is 11.5 Å². The Morgan fingerprint density at radius 3 is 2.72 bits per heavy atom. The van der Waals surface area contributed by atoms with E-state index in [1.807, 2.05) is 13.0 Å². The Hall–Kier alpha value is -0.900. The van der Waals surface area contributed by atoms with Crippen LogP contribution in [0.5, 0.6) is 11.5 Å². The number of benzene rings is 1. The molecule has 5 heteroatoms. The van der Waals surface area contributed by atoms with Gasteiger partial charge in [0.1, 0.15) is 6.61 Å². The molecule has 1 unspecified atom stereocenters. The lowest BCUT2D eigenvalue weighted by Gasteiger charge is -2.16. The molecule has 18 heavy (non-hydrogen) atoms. The van der Waals surface area contributed by atoms with Crippen LogP contribution < -0.4 is 15.2 Å². The Kier molecular flexibility index (Phi) is 6.33. The highest BCUT2D eigenvalue weighted by atomic mass is 35.5. The Labute approximate surface area is 117 Å². The van der Waals surface area contributed by atoms with Gasteiger partial charge < -0.3 is 15.2 Å². The molecule has 1 aromatic carbocycles. The largest absolute Gasteiger partial charge is 0.493 e. The first-order valence-electron chi connectivity index (χ1n) is 5.58. The van der Waals surface area contributed by atoms with Crippen molar-refractivity contribution >= 4 is 23.2 Å². The molecule has 1 aromatic rings. The molecule has 1 rings (SSSR count). The highest BCUT2D eigenvalue weighted by Crippen LogP contribution is 2.35. The fourth-order valence-corrected chi connectivity index (χ4v) is 1.91. The molecular formula is C13H17Cl2NO2. The summed E-state index contributed by atoms with van der Waals surface area (Å²) in [5.41, 5.74) is 8.15. The summed E-state index contributed by atoms with van der Waals surface area (Å²) >= 11 is 11.5. The van der Waals surface area contributed by atoms with E-state index in [1.165, 1.54) is 5.54 Å². The lowest BCUT2D eigenvalue weighted by atomic mass is 10.1. The average Bonchev–Trinajstić information content (AvgIpc) is 2.30. The van der Waals surface area contributed by atoms with Gasteiger partial charge in [-0.2, -0.15) is 0 Å². The molecule has 0 aromatic heterocycles. The molecule has 0 radical (unpaired) electrons. The van der Waals surface area contributed by atoms with Crippen molar-refractivity contribution in [1.29, 1.82) is 0 Å². The quantitative estimate of drug-likeness (QED) is 0.873. The molecule has 0 saturated heterocycles. The van der Waals surface area contributed by atoms with E-state index >= 15 is 0 Å². The van der Waals surface area contributed by atoms with Gasteiger partial charge in [0, 0.05) is 28.2 Å². The first kappa shape index (κ1) is 15.2. The van der Waals surface area contributed by atoms with Gasteiger partial charge in [0.25, 0.3) is 0 Å². The predicted molar refractivity (Wildman–Crippen MR) is 75.8 cm³/mol. The fourth-order valence-electron chi connectivity index (χ4n) is 1.60. The minimum absolute atomic E-state index is 0.0130. The van der Waals surface area contributed by atoms with E-state index < -0.39 is 0 Å². The Balaban J connectivity index is 3.06. The molecule has 2 N–H and O–H groups in total. The fraction of sp³-hybridized carbons (Fsp3) is 0.385. The first-order chi connectivity index (χ1) is 8.58. The van der Waals surface area contributed by atoms with Gasteiger partial charge >= 0.3 is 0 Å². The first-order valence-corrected chi connectivity index (χ1v) is 6.40. The molecule has 0 aliphatic rings. The smallest absolute Gasteiger partial charge is 0.164 e. The van der Waals surface area contributed by atoms with Crippen LogP contribution in [0, 0.1) is 0 Å². The molecule has 0 bridgehead atoms. The maximum atomic E-state index is 6.03. The van der Waals surface area contributed by atoms with Crippen LogP contribution in [0.25, 0.3) is 0 Å². The standard InChI is InChI=1S/C13H17Cl2NO2/c1-9(16)6-10-7-11(15)8-12(17-2)13(10)18-5-3-4-14/h3-4,7-9H,5-6,16H2,1-2H3/b4-3+. The van der Waals surface area contributed by atoms with Crippen LogP contribution in [0.15, 0.2) is 23.7 Å². The van der Waals surface area contributed by atoms with Crippen LogP contribution in [-0.4, -0.2) is 19.8 Å². The second kappa shape index (κ2) is 7.52. The molecule has 0 spiro atoms. The second-order valence-electron chi connectivity index (χ2n) is 3.95. The van der Waals surface area contributed by atoms with Crippen molar-refractivity contribution in [2.45, 2.75) is 19.4 Å². The Morgan fingerprint density at radius 1 is 1.44 bits per heavy atom. The molecule has 0 heterocycles. The van der Waals surface area contributed by atoms with E-state index in [1.54, 1.807) is 19.3 Å². The number of ether oxygens (including phenoxy) is 2. The lowest BCUT2D eigenvalue weighted by Crippen LogP contribution is -2.18. The van der Waals surface area contributed by atoms with E-state index in [4.69, 9.17) is 38.4 Å². The van der Waals surface area contributed by atoms with Crippen LogP contribution in [-0.2, 0) is 6.42 Å². The summed E-state index contributed by atoms with van der Waals surface area (Å²) < 4.78 is 10.9. The van der Waals surface area contributed by atoms with E-state index in [2.05, 4.69) is 0 Å². The van der Waals surface area contributed by atoms with Gasteiger partial charge in [0.2, 0.25) is 0 Å². The van der Waals surface area contributed by atoms with Crippen molar-refractivity contribution in [1.82, 2.24) is 0 Å². The zero-order valence-electron chi connectivity index (χ0n) is 10.5. The highest BCUT2D eigenvalue weighted by molar-refractivity contribution is 6.30. The zero-order valence-corrected chi connectivity index (χ0v) is 12.0. The van der Waals surface area contributed by atoms with Gasteiger partial charge in [-0.15, -0.1) is 0 Å². The number of hydrogen-bond acceptors (Lipinski definition) is 3. The topological polar surface area (TPSA) is 44.5 Å². The van der Waals surface area contributed by atoms with Gasteiger partial charge in [-0.3, -0.25) is 0 Å². The minimum Gasteiger partial charge on any atom is -0.493 e. The van der Waals surface area contributed by atoms with Crippen LogP contribution in [0.1, 0.15) is 12.5 Å². The number of methoxy groups -OCH3 is 1. The summed E-state index contributed by atoms with van der Waals surface area (Å²) in [6.45, 7) is 2.29. The summed E-state index contributed by atoms with van der Waals surface area (Å²) in [5.74, 6) is 1.26. The third-order valence-electron chi connectivity index (χ3n) is 2.27. The zero-order chi connectivity index (χ0) is 13.5. The van der Waals surface area contributed by atoms with Crippen molar-refractivity contribution < 1.29 is 9.47 Å². The predicted octanol–water partition coefficient (Wildman–Crippen LogP) is 3.37. The lowest BCUT2D eigenvalue weighted by molar-refractivity contribution is 0.322. The van der Waals surface area contributed by atoms with Crippen molar-refractivity contribution in [2.75, 3.05) is 13.7 Å². The summed E-state index contributed by atoms with van der Waals surface area (Å²) in [7, 11) is 1.57. The molecule has 1 atom stereocenters. The molecule has 0 aliphatic heterocycles. The Bertz CT molecular complexity index is 420. The van der Waals surface area contributed by atoms with Crippen molar-refractivity contribution in [3.8, 4) is 11.5 Å². The summed E-state index contributed by atoms with van der Waals surface area (Å²) in [5, 5.41) is 0.600. The van der Waals surface area contributed by atoms with Crippen molar-refractivity contribution in [3.05, 3.63) is 34.3 Å². The van der Waals surface area contributed by atoms with Gasteiger partial charge in [-0.1, -0.05) is 23.2 Å².